The van der Waals surface area contributed by atoms with Gasteiger partial charge in [-0.3, -0.25) is 5.32 Å². The van der Waals surface area contributed by atoms with E-state index in [9.17, 15) is 5.11 Å². The van der Waals surface area contributed by atoms with Crippen molar-refractivity contribution in [1.82, 2.24) is 5.32 Å². The van der Waals surface area contributed by atoms with Gasteiger partial charge in [0.1, 0.15) is 6.23 Å². The average Bonchev–Trinajstić information content (AvgIpc) is 2.83. The zero-order chi connectivity index (χ0) is 12.1. The van der Waals surface area contributed by atoms with Crippen LogP contribution in [0.5, 0.6) is 0 Å². The second-order valence-electron chi connectivity index (χ2n) is 4.75. The number of benzene rings is 1. The monoisotopic (exact) mass is 235 g/mol. The van der Waals surface area contributed by atoms with E-state index in [0.29, 0.717) is 6.42 Å². The maximum Gasteiger partial charge on any atom is 0.109 e. The Kier molecular flexibility index (Phi) is 4.54. The fourth-order valence-corrected chi connectivity index (χ4v) is 2.09. The number of hydrogen-bond donors (Lipinski definition) is 2. The maximum absolute atomic E-state index is 9.87. The molecule has 2 rings (SSSR count). The summed E-state index contributed by atoms with van der Waals surface area (Å²) in [4.78, 5) is 0. The average molecular weight is 235 g/mol. The van der Waals surface area contributed by atoms with Crippen LogP contribution >= 0.6 is 0 Å². The van der Waals surface area contributed by atoms with Crippen LogP contribution in [0.3, 0.4) is 0 Å². The van der Waals surface area contributed by atoms with Crippen molar-refractivity contribution < 1.29 is 9.84 Å². The molecule has 1 aromatic rings. The van der Waals surface area contributed by atoms with Crippen LogP contribution in [-0.4, -0.2) is 30.6 Å². The molecule has 1 unspecified atom stereocenters. The molecule has 0 aliphatic carbocycles. The van der Waals surface area contributed by atoms with Crippen molar-refractivity contribution >= 4 is 0 Å². The van der Waals surface area contributed by atoms with E-state index in [-0.39, 0.29) is 6.10 Å². The Balaban J connectivity index is 1.72. The van der Waals surface area contributed by atoms with Crippen LogP contribution in [0.4, 0.5) is 0 Å². The molecule has 0 saturated carbocycles. The Hall–Kier alpha value is -0.900. The van der Waals surface area contributed by atoms with Gasteiger partial charge in [-0.15, -0.1) is 0 Å². The first-order valence-corrected chi connectivity index (χ1v) is 6.32. The standard InChI is InChI=1S/C14H21NO2/c1-11-4-6-12(7-5-11)9-14(16)15-10-13-3-2-8-17-13/h4-7,13-16H,2-3,8-10H2,1H3/t13-,14?/m0/s1. The van der Waals surface area contributed by atoms with Crippen LogP contribution in [-0.2, 0) is 11.2 Å². The molecule has 1 aliphatic heterocycles. The van der Waals surface area contributed by atoms with Crippen LogP contribution in [0.2, 0.25) is 0 Å². The highest BCUT2D eigenvalue weighted by atomic mass is 16.5. The summed E-state index contributed by atoms with van der Waals surface area (Å²) in [6, 6.07) is 8.27. The highest BCUT2D eigenvalue weighted by Gasteiger charge is 2.16. The summed E-state index contributed by atoms with van der Waals surface area (Å²) >= 11 is 0. The van der Waals surface area contributed by atoms with Crippen molar-refractivity contribution in [3.05, 3.63) is 35.4 Å². The minimum atomic E-state index is -0.484. The predicted octanol–water partition coefficient (Wildman–Crippen LogP) is 1.62. The van der Waals surface area contributed by atoms with Crippen molar-refractivity contribution in [3.8, 4) is 0 Å². The number of rotatable bonds is 5. The molecular formula is C14H21NO2. The first-order valence-electron chi connectivity index (χ1n) is 6.32. The second-order valence-corrected chi connectivity index (χ2v) is 4.75. The number of aryl methyl sites for hydroxylation is 1. The molecule has 1 aliphatic rings. The smallest absolute Gasteiger partial charge is 0.109 e. The Bertz CT molecular complexity index is 331. The van der Waals surface area contributed by atoms with Crippen molar-refractivity contribution in [1.29, 1.82) is 0 Å². The lowest BCUT2D eigenvalue weighted by Gasteiger charge is -2.16. The summed E-state index contributed by atoms with van der Waals surface area (Å²) in [6.07, 6.45) is 2.68. The van der Waals surface area contributed by atoms with Crippen molar-refractivity contribution in [3.63, 3.8) is 0 Å². The summed E-state index contributed by atoms with van der Waals surface area (Å²) in [5, 5.41) is 13.0. The number of hydrogen-bond acceptors (Lipinski definition) is 3. The van der Waals surface area contributed by atoms with Gasteiger partial charge < -0.3 is 9.84 Å². The van der Waals surface area contributed by atoms with E-state index in [2.05, 4.69) is 36.5 Å². The first kappa shape index (κ1) is 12.6. The lowest BCUT2D eigenvalue weighted by molar-refractivity contribution is 0.0780. The van der Waals surface area contributed by atoms with Gasteiger partial charge in [0.05, 0.1) is 6.10 Å². The SMILES string of the molecule is Cc1ccc(CC(O)NC[C@@H]2CCCO2)cc1. The summed E-state index contributed by atoms with van der Waals surface area (Å²) < 4.78 is 5.50. The number of ether oxygens (including phenoxy) is 1. The van der Waals surface area contributed by atoms with E-state index < -0.39 is 6.23 Å². The zero-order valence-electron chi connectivity index (χ0n) is 10.4. The minimum absolute atomic E-state index is 0.280. The van der Waals surface area contributed by atoms with Crippen LogP contribution < -0.4 is 5.32 Å². The highest BCUT2D eigenvalue weighted by molar-refractivity contribution is 5.21. The van der Waals surface area contributed by atoms with E-state index in [1.54, 1.807) is 0 Å². The second kappa shape index (κ2) is 6.15. The van der Waals surface area contributed by atoms with Gasteiger partial charge in [0, 0.05) is 19.6 Å². The number of nitrogens with one attached hydrogen (secondary N) is 1. The molecule has 94 valence electrons. The molecule has 1 aromatic carbocycles. The van der Waals surface area contributed by atoms with E-state index >= 15 is 0 Å². The van der Waals surface area contributed by atoms with Gasteiger partial charge >= 0.3 is 0 Å². The molecule has 0 bridgehead atoms. The number of aliphatic hydroxyl groups is 1. The maximum atomic E-state index is 9.87. The van der Waals surface area contributed by atoms with Crippen molar-refractivity contribution in [2.75, 3.05) is 13.2 Å². The van der Waals surface area contributed by atoms with Crippen LogP contribution in [0, 0.1) is 6.92 Å². The summed E-state index contributed by atoms with van der Waals surface area (Å²) in [5.74, 6) is 0. The minimum Gasteiger partial charge on any atom is -0.378 e. The molecule has 0 amide bonds. The van der Waals surface area contributed by atoms with Crippen LogP contribution in [0.15, 0.2) is 24.3 Å². The Morgan fingerprint density at radius 3 is 2.82 bits per heavy atom. The molecule has 0 spiro atoms. The van der Waals surface area contributed by atoms with E-state index in [1.165, 1.54) is 5.56 Å². The predicted molar refractivity (Wildman–Crippen MR) is 67.9 cm³/mol. The molecule has 1 fully saturated rings. The van der Waals surface area contributed by atoms with Gasteiger partial charge in [0.25, 0.3) is 0 Å². The van der Waals surface area contributed by atoms with Gasteiger partial charge in [0.2, 0.25) is 0 Å². The normalized spacial score (nSPS) is 21.6. The number of aliphatic hydroxyl groups excluding tert-OH is 1. The lowest BCUT2D eigenvalue weighted by Crippen LogP contribution is -2.36. The summed E-state index contributed by atoms with van der Waals surface area (Å²) in [6.45, 7) is 3.67. The third kappa shape index (κ3) is 4.11. The third-order valence-electron chi connectivity index (χ3n) is 3.15. The summed E-state index contributed by atoms with van der Waals surface area (Å²) in [7, 11) is 0. The van der Waals surface area contributed by atoms with Crippen molar-refractivity contribution in [2.45, 2.75) is 38.5 Å². The molecule has 0 aromatic heterocycles. The third-order valence-corrected chi connectivity index (χ3v) is 3.15. The Labute approximate surface area is 103 Å². The fraction of sp³-hybridized carbons (Fsp3) is 0.571. The highest BCUT2D eigenvalue weighted by Crippen LogP contribution is 2.11. The molecule has 2 atom stereocenters. The molecule has 2 N–H and O–H groups in total. The van der Waals surface area contributed by atoms with E-state index in [0.717, 1.165) is 31.6 Å². The van der Waals surface area contributed by atoms with Gasteiger partial charge in [-0.05, 0) is 25.3 Å². The van der Waals surface area contributed by atoms with Gasteiger partial charge in [0.15, 0.2) is 0 Å². The van der Waals surface area contributed by atoms with Gasteiger partial charge in [-0.1, -0.05) is 29.8 Å². The molecule has 17 heavy (non-hydrogen) atoms. The first-order chi connectivity index (χ1) is 8.24. The molecule has 3 heteroatoms. The van der Waals surface area contributed by atoms with Gasteiger partial charge in [-0.25, -0.2) is 0 Å². The zero-order valence-corrected chi connectivity index (χ0v) is 10.4. The Morgan fingerprint density at radius 1 is 1.41 bits per heavy atom. The topological polar surface area (TPSA) is 41.5 Å². The van der Waals surface area contributed by atoms with Gasteiger partial charge in [-0.2, -0.15) is 0 Å². The molecule has 0 radical (unpaired) electrons. The quantitative estimate of drug-likeness (QED) is 0.762. The van der Waals surface area contributed by atoms with Crippen LogP contribution in [0.25, 0.3) is 0 Å². The lowest BCUT2D eigenvalue weighted by atomic mass is 10.1. The van der Waals surface area contributed by atoms with E-state index in [1.807, 2.05) is 0 Å². The molecule has 3 nitrogen and oxygen atoms in total. The molecule has 1 saturated heterocycles. The van der Waals surface area contributed by atoms with E-state index in [4.69, 9.17) is 4.74 Å². The molecular weight excluding hydrogens is 214 g/mol. The fourth-order valence-electron chi connectivity index (χ4n) is 2.09. The molecule has 1 heterocycles. The summed E-state index contributed by atoms with van der Waals surface area (Å²) in [5.41, 5.74) is 2.40. The Morgan fingerprint density at radius 2 is 2.18 bits per heavy atom. The van der Waals surface area contributed by atoms with Crippen molar-refractivity contribution in [2.24, 2.45) is 0 Å². The van der Waals surface area contributed by atoms with Crippen LogP contribution in [0.1, 0.15) is 24.0 Å². The largest absolute Gasteiger partial charge is 0.378 e.